The lowest BCUT2D eigenvalue weighted by molar-refractivity contribution is 0.302. The van der Waals surface area contributed by atoms with Crippen molar-refractivity contribution in [2.45, 2.75) is 38.5 Å². The van der Waals surface area contributed by atoms with E-state index in [-0.39, 0.29) is 10.8 Å². The third kappa shape index (κ3) is 1.71. The van der Waals surface area contributed by atoms with Crippen molar-refractivity contribution in [3.05, 3.63) is 93.0 Å². The number of halogens is 1. The molecule has 2 atom stereocenters. The van der Waals surface area contributed by atoms with Gasteiger partial charge >= 0.3 is 0 Å². The monoisotopic (exact) mass is 403 g/mol. The normalized spacial score (nSPS) is 24.4. The van der Waals surface area contributed by atoms with E-state index in [0.717, 1.165) is 4.47 Å². The highest BCUT2D eigenvalue weighted by molar-refractivity contribution is 9.10. The Bertz CT molecular complexity index is 1060. The van der Waals surface area contributed by atoms with E-state index in [1.165, 1.54) is 38.9 Å². The summed E-state index contributed by atoms with van der Waals surface area (Å²) in [5, 5.41) is 0. The molecule has 0 radical (unpaired) electrons. The molecule has 0 aromatic heterocycles. The molecule has 0 N–H and O–H groups in total. The van der Waals surface area contributed by atoms with E-state index < -0.39 is 0 Å². The van der Waals surface area contributed by atoms with Crippen molar-refractivity contribution in [1.29, 1.82) is 0 Å². The van der Waals surface area contributed by atoms with E-state index >= 15 is 0 Å². The average Bonchev–Trinajstić information content (AvgIpc) is 3.00. The van der Waals surface area contributed by atoms with Crippen LogP contribution in [0.4, 0.5) is 0 Å². The minimum Gasteiger partial charge on any atom is -0.0619 e. The molecular formula is C25H23Br. The average molecular weight is 404 g/mol. The molecule has 0 bridgehead atoms. The second-order valence-electron chi connectivity index (χ2n) is 8.48. The molecule has 0 heterocycles. The summed E-state index contributed by atoms with van der Waals surface area (Å²) in [6.07, 6.45) is 0. The molecule has 5 rings (SSSR count). The minimum atomic E-state index is -0.0696. The summed E-state index contributed by atoms with van der Waals surface area (Å²) >= 11 is 3.75. The van der Waals surface area contributed by atoms with Gasteiger partial charge in [0.1, 0.15) is 0 Å². The molecule has 0 fully saturated rings. The van der Waals surface area contributed by atoms with Crippen LogP contribution in [-0.4, -0.2) is 0 Å². The lowest BCUT2D eigenvalue weighted by atomic mass is 9.79. The molecular weight excluding hydrogens is 381 g/mol. The van der Waals surface area contributed by atoms with E-state index in [0.29, 0.717) is 5.92 Å². The van der Waals surface area contributed by atoms with Gasteiger partial charge in [-0.1, -0.05) is 85.2 Å². The van der Waals surface area contributed by atoms with Crippen LogP contribution in [0.5, 0.6) is 0 Å². The predicted molar refractivity (Wildman–Crippen MR) is 113 cm³/mol. The zero-order valence-electron chi connectivity index (χ0n) is 15.7. The van der Waals surface area contributed by atoms with Crippen molar-refractivity contribution in [1.82, 2.24) is 0 Å². The lowest BCUT2D eigenvalue weighted by Crippen LogP contribution is -2.37. The van der Waals surface area contributed by atoms with Crippen LogP contribution in [-0.2, 0) is 10.8 Å². The molecule has 0 amide bonds. The Morgan fingerprint density at radius 3 is 2.31 bits per heavy atom. The van der Waals surface area contributed by atoms with Gasteiger partial charge in [0.05, 0.1) is 5.41 Å². The van der Waals surface area contributed by atoms with Gasteiger partial charge < -0.3 is 0 Å². The summed E-state index contributed by atoms with van der Waals surface area (Å²) in [7, 11) is 0. The molecule has 3 aromatic rings. The number of hydrogen-bond donors (Lipinski definition) is 0. The van der Waals surface area contributed by atoms with Crippen molar-refractivity contribution in [3.63, 3.8) is 0 Å². The highest BCUT2D eigenvalue weighted by Crippen LogP contribution is 2.66. The lowest BCUT2D eigenvalue weighted by Gasteiger charge is -2.38. The summed E-state index contributed by atoms with van der Waals surface area (Å²) in [5.74, 6) is 0.475. The molecule has 1 heteroatoms. The highest BCUT2D eigenvalue weighted by Gasteiger charge is 2.59. The van der Waals surface area contributed by atoms with Gasteiger partial charge in [0.2, 0.25) is 0 Å². The van der Waals surface area contributed by atoms with E-state index in [4.69, 9.17) is 0 Å². The van der Waals surface area contributed by atoms with E-state index in [1.54, 1.807) is 0 Å². The maximum atomic E-state index is 3.75. The highest BCUT2D eigenvalue weighted by atomic mass is 79.9. The van der Waals surface area contributed by atoms with Crippen LogP contribution in [0.3, 0.4) is 0 Å². The van der Waals surface area contributed by atoms with Crippen LogP contribution >= 0.6 is 15.9 Å². The second kappa shape index (κ2) is 5.10. The standard InChI is InChI=1S/C25H23Br/c1-15-8-7-11-21-23(15)25(16(2)24(21,3)4)20-10-6-5-9-18(20)19-13-12-17(26)14-22(19)25/h5-14,16H,1-4H3/i25+1. The van der Waals surface area contributed by atoms with E-state index in [1.807, 2.05) is 0 Å². The van der Waals surface area contributed by atoms with Crippen LogP contribution in [0.2, 0.25) is 0 Å². The Balaban J connectivity index is 2.02. The fourth-order valence-corrected chi connectivity index (χ4v) is 6.10. The third-order valence-electron chi connectivity index (χ3n) is 7.14. The van der Waals surface area contributed by atoms with E-state index in [2.05, 4.69) is 104 Å². The zero-order valence-corrected chi connectivity index (χ0v) is 17.3. The fraction of sp³-hybridized carbons (Fsp3) is 0.280. The van der Waals surface area contributed by atoms with Gasteiger partial charge in [0.25, 0.3) is 0 Å². The van der Waals surface area contributed by atoms with Crippen LogP contribution in [0, 0.1) is 12.8 Å². The molecule has 0 aliphatic heterocycles. The van der Waals surface area contributed by atoms with Gasteiger partial charge in [0, 0.05) is 4.47 Å². The summed E-state index contributed by atoms with van der Waals surface area (Å²) in [6, 6.07) is 22.7. The molecule has 0 saturated heterocycles. The predicted octanol–water partition coefficient (Wildman–Crippen LogP) is 7.00. The number of benzene rings is 3. The Morgan fingerprint density at radius 2 is 1.50 bits per heavy atom. The summed E-state index contributed by atoms with van der Waals surface area (Å²) < 4.78 is 1.16. The van der Waals surface area contributed by atoms with Crippen molar-refractivity contribution in [2.75, 3.05) is 0 Å². The Kier molecular flexibility index (Phi) is 3.20. The zero-order chi connectivity index (χ0) is 18.3. The molecule has 1 spiro atoms. The first-order valence-corrected chi connectivity index (χ1v) is 10.2. The Hall–Kier alpha value is -1.86. The van der Waals surface area contributed by atoms with Gasteiger partial charge in [-0.2, -0.15) is 0 Å². The first-order valence-electron chi connectivity index (χ1n) is 9.40. The van der Waals surface area contributed by atoms with Crippen molar-refractivity contribution < 1.29 is 0 Å². The van der Waals surface area contributed by atoms with Gasteiger partial charge in [0.15, 0.2) is 0 Å². The third-order valence-corrected chi connectivity index (χ3v) is 7.64. The second-order valence-corrected chi connectivity index (χ2v) is 9.40. The van der Waals surface area contributed by atoms with Crippen molar-refractivity contribution in [3.8, 4) is 11.1 Å². The summed E-state index contributed by atoms with van der Waals surface area (Å²) in [6.45, 7) is 9.58. The topological polar surface area (TPSA) is 0 Å². The van der Waals surface area contributed by atoms with Gasteiger partial charge in [-0.25, -0.2) is 0 Å². The number of hydrogen-bond acceptors (Lipinski definition) is 0. The molecule has 0 saturated carbocycles. The minimum absolute atomic E-state index is 0.0696. The number of fused-ring (bicyclic) bond motifs is 7. The molecule has 0 nitrogen and oxygen atoms in total. The maximum Gasteiger partial charge on any atom is 0.0503 e. The number of rotatable bonds is 0. The maximum absolute atomic E-state index is 3.75. The first-order chi connectivity index (χ1) is 12.4. The molecule has 26 heavy (non-hydrogen) atoms. The molecule has 2 aliphatic rings. The summed E-state index contributed by atoms with van der Waals surface area (Å²) in [5.41, 5.74) is 10.2. The van der Waals surface area contributed by atoms with Crippen molar-refractivity contribution >= 4 is 15.9 Å². The van der Waals surface area contributed by atoms with Crippen LogP contribution in [0.15, 0.2) is 65.1 Å². The smallest absolute Gasteiger partial charge is 0.0503 e. The molecule has 2 unspecified atom stereocenters. The molecule has 2 aliphatic carbocycles. The van der Waals surface area contributed by atoms with Gasteiger partial charge in [-0.3, -0.25) is 0 Å². The Labute approximate surface area is 164 Å². The fourth-order valence-electron chi connectivity index (χ4n) is 5.74. The quantitative estimate of drug-likeness (QED) is 0.354. The molecule has 3 aromatic carbocycles. The summed E-state index contributed by atoms with van der Waals surface area (Å²) in [4.78, 5) is 0. The van der Waals surface area contributed by atoms with Gasteiger partial charge in [-0.05, 0) is 69.3 Å². The van der Waals surface area contributed by atoms with E-state index in [9.17, 15) is 0 Å². The number of aryl methyl sites for hydroxylation is 1. The van der Waals surface area contributed by atoms with Gasteiger partial charge in [-0.15, -0.1) is 0 Å². The largest absolute Gasteiger partial charge is 0.0619 e. The Morgan fingerprint density at radius 1 is 0.808 bits per heavy atom. The van der Waals surface area contributed by atoms with Crippen LogP contribution in [0.1, 0.15) is 48.6 Å². The van der Waals surface area contributed by atoms with Crippen LogP contribution in [0.25, 0.3) is 11.1 Å². The van der Waals surface area contributed by atoms with Crippen LogP contribution < -0.4 is 0 Å². The molecule has 130 valence electrons. The first kappa shape index (κ1) is 16.3. The van der Waals surface area contributed by atoms with Crippen molar-refractivity contribution in [2.24, 2.45) is 5.92 Å². The SMILES string of the molecule is Cc1cccc2c1[13C]1(c3ccccc3-c3ccc(Br)cc31)C(C)C2(C)C.